The Morgan fingerprint density at radius 3 is 2.64 bits per heavy atom. The number of alkyl halides is 2. The van der Waals surface area contributed by atoms with Gasteiger partial charge in [0.2, 0.25) is 0 Å². The molecule has 8 heteroatoms. The number of nitrogens with one attached hydrogen (secondary N) is 1. The molecule has 1 aliphatic rings. The molecule has 0 unspecified atom stereocenters. The van der Waals surface area contributed by atoms with E-state index in [0.717, 1.165) is 0 Å². The van der Waals surface area contributed by atoms with Gasteiger partial charge in [-0.05, 0) is 39.0 Å². The zero-order valence-electron chi connectivity index (χ0n) is 12.4. The third-order valence-electron chi connectivity index (χ3n) is 2.81. The van der Waals surface area contributed by atoms with Crippen molar-refractivity contribution < 1.29 is 28.2 Å². The van der Waals surface area contributed by atoms with Crippen molar-refractivity contribution in [2.75, 3.05) is 6.61 Å². The molecule has 2 rings (SSSR count). The smallest absolute Gasteiger partial charge is 0.408 e. The Morgan fingerprint density at radius 1 is 1.41 bits per heavy atom. The Kier molecular flexibility index (Phi) is 5.12. The number of ether oxygens (including phenoxy) is 2. The van der Waals surface area contributed by atoms with Crippen molar-refractivity contribution >= 4 is 18.5 Å². The summed E-state index contributed by atoms with van der Waals surface area (Å²) in [5, 5.41) is 11.9. The van der Waals surface area contributed by atoms with Crippen LogP contribution >= 0.6 is 12.4 Å². The molecule has 0 spiro atoms. The lowest BCUT2D eigenvalue weighted by atomic mass is 9.98. The minimum absolute atomic E-state index is 0. The van der Waals surface area contributed by atoms with E-state index in [1.54, 1.807) is 0 Å². The van der Waals surface area contributed by atoms with E-state index in [0.29, 0.717) is 5.75 Å². The van der Waals surface area contributed by atoms with Crippen LogP contribution in [-0.2, 0) is 4.74 Å². The van der Waals surface area contributed by atoms with E-state index in [1.807, 2.05) is 26.1 Å². The van der Waals surface area contributed by atoms with Gasteiger partial charge in [-0.3, -0.25) is 0 Å². The quantitative estimate of drug-likeness (QED) is 0.868. The van der Waals surface area contributed by atoms with Crippen LogP contribution in [0.25, 0.3) is 0 Å². The monoisotopic (exact) mass is 337 g/mol. The summed E-state index contributed by atoms with van der Waals surface area (Å²) in [6.45, 7) is 4.40. The van der Waals surface area contributed by atoms with Gasteiger partial charge in [0, 0.05) is 5.56 Å². The fourth-order valence-corrected chi connectivity index (χ4v) is 2.00. The van der Waals surface area contributed by atoms with Crippen LogP contribution < -0.4 is 10.1 Å². The zero-order valence-corrected chi connectivity index (χ0v) is 13.2. The minimum Gasteiger partial charge on any atom is -0.508 e. The normalized spacial score (nSPS) is 20.4. The Morgan fingerprint density at radius 2 is 2.05 bits per heavy atom. The molecule has 2 N–H and O–H groups in total. The molecular formula is C14H18ClF2NO4. The molecule has 0 aliphatic carbocycles. The van der Waals surface area contributed by atoms with Gasteiger partial charge in [0.1, 0.15) is 23.1 Å². The largest absolute Gasteiger partial charge is 0.508 e. The second kappa shape index (κ2) is 6.16. The average Bonchev–Trinajstić information content (AvgIpc) is 2.33. The first-order valence-corrected chi connectivity index (χ1v) is 6.41. The Labute approximate surface area is 133 Å². The maximum Gasteiger partial charge on any atom is 0.408 e. The van der Waals surface area contributed by atoms with Gasteiger partial charge in [-0.1, -0.05) is 0 Å². The molecule has 1 aromatic rings. The second-order valence-corrected chi connectivity index (χ2v) is 5.85. The number of hydrogen-bond donors (Lipinski definition) is 2. The number of carbonyl (C=O) groups is 1. The molecule has 1 amide bonds. The van der Waals surface area contributed by atoms with E-state index in [2.05, 4.69) is 4.74 Å². The molecule has 124 valence electrons. The summed E-state index contributed by atoms with van der Waals surface area (Å²) in [6.07, 6.45) is -0.951. The van der Waals surface area contributed by atoms with Gasteiger partial charge in [0.05, 0.1) is 0 Å². The molecule has 0 saturated carbocycles. The molecule has 0 aromatic heterocycles. The molecule has 1 atom stereocenters. The standard InChI is InChI=1S/C14H17F2NO4.ClH/c1-13(2,3)21-8-4-5-10(18)9(6-8)11-14(15,16)7-20-12(19)17-11;/h4-6,11,18H,7H2,1-3H3,(H,17,19);1H/t11-;/m0./s1. The molecular weight excluding hydrogens is 320 g/mol. The van der Waals surface area contributed by atoms with E-state index >= 15 is 0 Å². The van der Waals surface area contributed by atoms with Gasteiger partial charge >= 0.3 is 12.0 Å². The van der Waals surface area contributed by atoms with Crippen LogP contribution in [0.1, 0.15) is 32.4 Å². The summed E-state index contributed by atoms with van der Waals surface area (Å²) in [5.41, 5.74) is -0.631. The fourth-order valence-electron chi connectivity index (χ4n) is 2.00. The fraction of sp³-hybridized carbons (Fsp3) is 0.500. The number of aromatic hydroxyl groups is 1. The Hall–Kier alpha value is -1.76. The number of phenolic OH excluding ortho intramolecular Hbond substituents is 1. The number of phenols is 1. The lowest BCUT2D eigenvalue weighted by Crippen LogP contribution is -2.49. The van der Waals surface area contributed by atoms with Crippen molar-refractivity contribution in [2.24, 2.45) is 0 Å². The number of alkyl carbamates (subject to hydrolysis) is 1. The summed E-state index contributed by atoms with van der Waals surface area (Å²) in [4.78, 5) is 11.2. The van der Waals surface area contributed by atoms with Gasteiger partial charge in [-0.25, -0.2) is 13.6 Å². The lowest BCUT2D eigenvalue weighted by Gasteiger charge is -2.32. The van der Waals surface area contributed by atoms with Crippen molar-refractivity contribution in [1.29, 1.82) is 0 Å². The predicted molar refractivity (Wildman–Crippen MR) is 77.9 cm³/mol. The lowest BCUT2D eigenvalue weighted by molar-refractivity contribution is -0.104. The number of benzene rings is 1. The molecule has 1 saturated heterocycles. The summed E-state index contributed by atoms with van der Waals surface area (Å²) >= 11 is 0. The Bertz CT molecular complexity index is 560. The number of rotatable bonds is 2. The molecule has 5 nitrogen and oxygen atoms in total. The van der Waals surface area contributed by atoms with Crippen molar-refractivity contribution in [3.05, 3.63) is 23.8 Å². The number of hydrogen-bond acceptors (Lipinski definition) is 4. The first kappa shape index (κ1) is 18.3. The summed E-state index contributed by atoms with van der Waals surface area (Å²) in [6, 6.07) is 2.37. The number of cyclic esters (lactones) is 1. The van der Waals surface area contributed by atoms with Crippen LogP contribution in [0.15, 0.2) is 18.2 Å². The highest BCUT2D eigenvalue weighted by Gasteiger charge is 2.48. The van der Waals surface area contributed by atoms with E-state index < -0.39 is 30.3 Å². The zero-order chi connectivity index (χ0) is 15.8. The summed E-state index contributed by atoms with van der Waals surface area (Å²) in [7, 11) is 0. The van der Waals surface area contributed by atoms with Crippen LogP contribution in [0.3, 0.4) is 0 Å². The number of carbonyl (C=O) groups excluding carboxylic acids is 1. The van der Waals surface area contributed by atoms with E-state index in [9.17, 15) is 18.7 Å². The highest BCUT2D eigenvalue weighted by Crippen LogP contribution is 2.40. The highest BCUT2D eigenvalue weighted by molar-refractivity contribution is 5.85. The van der Waals surface area contributed by atoms with Crippen LogP contribution in [0.5, 0.6) is 11.5 Å². The molecule has 22 heavy (non-hydrogen) atoms. The topological polar surface area (TPSA) is 67.8 Å². The van der Waals surface area contributed by atoms with Gasteiger partial charge < -0.3 is 19.9 Å². The van der Waals surface area contributed by atoms with Crippen molar-refractivity contribution in [2.45, 2.75) is 38.3 Å². The van der Waals surface area contributed by atoms with Crippen molar-refractivity contribution in [3.63, 3.8) is 0 Å². The SMILES string of the molecule is CC(C)(C)Oc1ccc(O)c([C@@H]2NC(=O)OCC2(F)F)c1.Cl. The first-order valence-electron chi connectivity index (χ1n) is 6.41. The van der Waals surface area contributed by atoms with E-state index in [-0.39, 0.29) is 23.7 Å². The molecule has 1 heterocycles. The molecule has 1 aromatic carbocycles. The molecule has 0 bridgehead atoms. The number of halogens is 3. The Balaban J connectivity index is 0.00000242. The van der Waals surface area contributed by atoms with Crippen LogP contribution in [0.4, 0.5) is 13.6 Å². The second-order valence-electron chi connectivity index (χ2n) is 5.85. The molecule has 1 fully saturated rings. The van der Waals surface area contributed by atoms with Crippen molar-refractivity contribution in [1.82, 2.24) is 5.32 Å². The first-order chi connectivity index (χ1) is 9.58. The van der Waals surface area contributed by atoms with E-state index in [1.165, 1.54) is 18.2 Å². The van der Waals surface area contributed by atoms with E-state index in [4.69, 9.17) is 4.74 Å². The van der Waals surface area contributed by atoms with Crippen LogP contribution in [0, 0.1) is 0 Å². The van der Waals surface area contributed by atoms with Gasteiger partial charge in [0.25, 0.3) is 0 Å². The van der Waals surface area contributed by atoms with Gasteiger partial charge in [-0.15, -0.1) is 12.4 Å². The minimum atomic E-state index is -3.33. The molecule has 1 aliphatic heterocycles. The predicted octanol–water partition coefficient (Wildman–Crippen LogP) is 3.41. The van der Waals surface area contributed by atoms with Crippen LogP contribution in [-0.4, -0.2) is 29.3 Å². The maximum atomic E-state index is 13.9. The highest BCUT2D eigenvalue weighted by atomic mass is 35.5. The summed E-state index contributed by atoms with van der Waals surface area (Å²) in [5.74, 6) is -3.35. The third-order valence-corrected chi connectivity index (χ3v) is 2.81. The van der Waals surface area contributed by atoms with Crippen LogP contribution in [0.2, 0.25) is 0 Å². The summed E-state index contributed by atoms with van der Waals surface area (Å²) < 4.78 is 37.6. The van der Waals surface area contributed by atoms with Crippen molar-refractivity contribution in [3.8, 4) is 11.5 Å². The maximum absolute atomic E-state index is 13.9. The van der Waals surface area contributed by atoms with Gasteiger partial charge in [0.15, 0.2) is 6.61 Å². The molecule has 0 radical (unpaired) electrons. The van der Waals surface area contributed by atoms with Gasteiger partial charge in [-0.2, -0.15) is 0 Å². The number of amides is 1. The average molecular weight is 338 g/mol. The third kappa shape index (κ3) is 4.13.